The fraction of sp³-hybridized carbons (Fsp3) is 0.133. The second kappa shape index (κ2) is 6.18. The van der Waals surface area contributed by atoms with Gasteiger partial charge in [0.25, 0.3) is 0 Å². The third kappa shape index (κ3) is 3.53. The van der Waals surface area contributed by atoms with Crippen LogP contribution in [0.15, 0.2) is 45.8 Å². The summed E-state index contributed by atoms with van der Waals surface area (Å²) in [4.78, 5) is 11.5. The fourth-order valence-electron chi connectivity index (χ4n) is 1.91. The third-order valence-corrected chi connectivity index (χ3v) is 4.82. The SMILES string of the molecule is CC(=O)c1cc(Br)ccc1OS(=O)(=O)c1ccc(F)cc1C. The molecule has 7 heteroatoms. The highest BCUT2D eigenvalue weighted by Crippen LogP contribution is 2.28. The Labute approximate surface area is 136 Å². The lowest BCUT2D eigenvalue weighted by Gasteiger charge is -2.12. The second-order valence-electron chi connectivity index (χ2n) is 4.64. The average molecular weight is 387 g/mol. The molecule has 2 rings (SSSR count). The van der Waals surface area contributed by atoms with E-state index in [9.17, 15) is 17.6 Å². The van der Waals surface area contributed by atoms with Crippen LogP contribution >= 0.6 is 15.9 Å². The third-order valence-electron chi connectivity index (χ3n) is 2.93. The molecule has 0 aromatic heterocycles. The molecule has 2 aromatic rings. The number of halogens is 2. The van der Waals surface area contributed by atoms with Crippen LogP contribution in [0.4, 0.5) is 4.39 Å². The number of hydrogen-bond acceptors (Lipinski definition) is 4. The Balaban J connectivity index is 2.47. The standard InChI is InChI=1S/C15H12BrFO4S/c1-9-7-12(17)4-6-15(9)22(19,20)21-14-5-3-11(16)8-13(14)10(2)18/h3-8H,1-2H3. The fourth-order valence-corrected chi connectivity index (χ4v) is 3.43. The molecule has 0 atom stereocenters. The number of hydrogen-bond donors (Lipinski definition) is 0. The number of benzene rings is 2. The minimum Gasteiger partial charge on any atom is -0.378 e. The lowest BCUT2D eigenvalue weighted by atomic mass is 10.1. The Hall–Kier alpha value is -1.73. The number of ketones is 1. The number of carbonyl (C=O) groups is 1. The molecule has 0 heterocycles. The van der Waals surface area contributed by atoms with Crippen molar-refractivity contribution in [2.24, 2.45) is 0 Å². The van der Waals surface area contributed by atoms with Gasteiger partial charge in [0, 0.05) is 4.47 Å². The van der Waals surface area contributed by atoms with Crippen LogP contribution in [0, 0.1) is 12.7 Å². The van der Waals surface area contributed by atoms with E-state index in [-0.39, 0.29) is 27.6 Å². The molecule has 116 valence electrons. The summed E-state index contributed by atoms with van der Waals surface area (Å²) in [5.74, 6) is -0.939. The van der Waals surface area contributed by atoms with Crippen molar-refractivity contribution in [1.82, 2.24) is 0 Å². The molecule has 0 aliphatic rings. The van der Waals surface area contributed by atoms with Crippen LogP contribution in [-0.4, -0.2) is 14.2 Å². The zero-order valence-corrected chi connectivity index (χ0v) is 14.2. The van der Waals surface area contributed by atoms with Gasteiger partial charge in [-0.15, -0.1) is 0 Å². The molecule has 0 saturated heterocycles. The lowest BCUT2D eigenvalue weighted by Crippen LogP contribution is -2.13. The molecule has 0 bridgehead atoms. The summed E-state index contributed by atoms with van der Waals surface area (Å²) in [6.07, 6.45) is 0. The van der Waals surface area contributed by atoms with E-state index in [1.165, 1.54) is 26.0 Å². The molecular weight excluding hydrogens is 375 g/mol. The summed E-state index contributed by atoms with van der Waals surface area (Å²) in [6.45, 7) is 2.77. The Morgan fingerprint density at radius 2 is 1.86 bits per heavy atom. The Bertz CT molecular complexity index is 847. The van der Waals surface area contributed by atoms with Crippen LogP contribution in [0.2, 0.25) is 0 Å². The summed E-state index contributed by atoms with van der Waals surface area (Å²) in [7, 11) is -4.16. The first kappa shape index (κ1) is 16.6. The molecule has 22 heavy (non-hydrogen) atoms. The van der Waals surface area contributed by atoms with Crippen LogP contribution in [0.25, 0.3) is 0 Å². The molecule has 2 aromatic carbocycles. The Morgan fingerprint density at radius 1 is 1.18 bits per heavy atom. The molecule has 4 nitrogen and oxygen atoms in total. The monoisotopic (exact) mass is 386 g/mol. The van der Waals surface area contributed by atoms with E-state index in [1.54, 1.807) is 6.07 Å². The van der Waals surface area contributed by atoms with Gasteiger partial charge in [-0.2, -0.15) is 8.42 Å². The van der Waals surface area contributed by atoms with Gasteiger partial charge in [0.15, 0.2) is 11.5 Å². The summed E-state index contributed by atoms with van der Waals surface area (Å²) < 4.78 is 43.4. The van der Waals surface area contributed by atoms with Gasteiger partial charge in [-0.25, -0.2) is 4.39 Å². The van der Waals surface area contributed by atoms with E-state index in [0.717, 1.165) is 18.2 Å². The summed E-state index contributed by atoms with van der Waals surface area (Å²) in [6, 6.07) is 7.70. The molecule has 0 N–H and O–H groups in total. The van der Waals surface area contributed by atoms with Crippen molar-refractivity contribution in [3.8, 4) is 5.75 Å². The minimum atomic E-state index is -4.16. The predicted octanol–water partition coefficient (Wildman–Crippen LogP) is 3.87. The Morgan fingerprint density at radius 3 is 2.45 bits per heavy atom. The van der Waals surface area contributed by atoms with Crippen molar-refractivity contribution in [3.63, 3.8) is 0 Å². The molecule has 0 amide bonds. The van der Waals surface area contributed by atoms with Crippen LogP contribution in [0.1, 0.15) is 22.8 Å². The average Bonchev–Trinajstić information content (AvgIpc) is 2.39. The topological polar surface area (TPSA) is 60.4 Å². The lowest BCUT2D eigenvalue weighted by molar-refractivity contribution is 0.101. The van der Waals surface area contributed by atoms with E-state index in [2.05, 4.69) is 15.9 Å². The van der Waals surface area contributed by atoms with Crippen LogP contribution in [0.3, 0.4) is 0 Å². The zero-order valence-electron chi connectivity index (χ0n) is 11.8. The quantitative estimate of drug-likeness (QED) is 0.591. The molecule has 0 radical (unpaired) electrons. The maximum atomic E-state index is 13.1. The van der Waals surface area contributed by atoms with Gasteiger partial charge in [0.2, 0.25) is 0 Å². The van der Waals surface area contributed by atoms with Crippen molar-refractivity contribution in [1.29, 1.82) is 0 Å². The molecule has 0 saturated carbocycles. The van der Waals surface area contributed by atoms with E-state index in [4.69, 9.17) is 4.18 Å². The number of rotatable bonds is 4. The first-order valence-electron chi connectivity index (χ1n) is 6.22. The van der Waals surface area contributed by atoms with E-state index in [0.29, 0.717) is 4.47 Å². The maximum Gasteiger partial charge on any atom is 0.339 e. The zero-order chi connectivity index (χ0) is 16.5. The van der Waals surface area contributed by atoms with Gasteiger partial charge >= 0.3 is 10.1 Å². The molecule has 0 fully saturated rings. The number of aryl methyl sites for hydroxylation is 1. The summed E-state index contributed by atoms with van der Waals surface area (Å²) in [5.41, 5.74) is 0.360. The second-order valence-corrected chi connectivity index (χ2v) is 7.07. The van der Waals surface area contributed by atoms with Crippen LogP contribution < -0.4 is 4.18 Å². The first-order valence-corrected chi connectivity index (χ1v) is 8.42. The van der Waals surface area contributed by atoms with Gasteiger partial charge in [0.05, 0.1) is 5.56 Å². The molecule has 0 aliphatic carbocycles. The highest BCUT2D eigenvalue weighted by atomic mass is 79.9. The molecule has 0 unspecified atom stereocenters. The summed E-state index contributed by atoms with van der Waals surface area (Å²) in [5, 5.41) is 0. The van der Waals surface area contributed by atoms with Crippen molar-refractivity contribution in [2.45, 2.75) is 18.7 Å². The normalized spacial score (nSPS) is 11.3. The van der Waals surface area contributed by atoms with E-state index >= 15 is 0 Å². The first-order chi connectivity index (χ1) is 10.2. The highest BCUT2D eigenvalue weighted by molar-refractivity contribution is 9.10. The van der Waals surface area contributed by atoms with Gasteiger partial charge in [-0.05, 0) is 55.8 Å². The largest absolute Gasteiger partial charge is 0.378 e. The molecule has 0 spiro atoms. The van der Waals surface area contributed by atoms with E-state index in [1.807, 2.05) is 0 Å². The van der Waals surface area contributed by atoms with Crippen molar-refractivity contribution < 1.29 is 21.8 Å². The van der Waals surface area contributed by atoms with Crippen molar-refractivity contribution in [2.75, 3.05) is 0 Å². The maximum absolute atomic E-state index is 13.1. The van der Waals surface area contributed by atoms with Crippen LogP contribution in [0.5, 0.6) is 5.75 Å². The highest BCUT2D eigenvalue weighted by Gasteiger charge is 2.22. The van der Waals surface area contributed by atoms with Gasteiger partial charge in [0.1, 0.15) is 10.7 Å². The number of carbonyl (C=O) groups excluding carboxylic acids is 1. The van der Waals surface area contributed by atoms with Gasteiger partial charge < -0.3 is 4.18 Å². The van der Waals surface area contributed by atoms with Gasteiger partial charge in [-0.3, -0.25) is 4.79 Å². The summed E-state index contributed by atoms with van der Waals surface area (Å²) >= 11 is 3.21. The number of Topliss-reactive ketones (excluding diaryl/α,β-unsaturated/α-hetero) is 1. The minimum absolute atomic E-state index is 0.0700. The molecule has 0 aliphatic heterocycles. The van der Waals surface area contributed by atoms with Crippen molar-refractivity contribution in [3.05, 3.63) is 57.8 Å². The smallest absolute Gasteiger partial charge is 0.339 e. The molecular formula is C15H12BrFO4S. The van der Waals surface area contributed by atoms with E-state index < -0.39 is 15.9 Å². The predicted molar refractivity (Wildman–Crippen MR) is 83.1 cm³/mol. The van der Waals surface area contributed by atoms with Crippen molar-refractivity contribution >= 4 is 31.8 Å². The van der Waals surface area contributed by atoms with Crippen LogP contribution in [-0.2, 0) is 10.1 Å². The Kier molecular flexibility index (Phi) is 4.67. The van der Waals surface area contributed by atoms with Gasteiger partial charge in [-0.1, -0.05) is 15.9 Å².